The van der Waals surface area contributed by atoms with Crippen molar-refractivity contribution in [1.82, 2.24) is 15.1 Å². The molecule has 1 aliphatic heterocycles. The Labute approximate surface area is 149 Å². The van der Waals surface area contributed by atoms with Crippen LogP contribution in [-0.4, -0.2) is 60.9 Å². The summed E-state index contributed by atoms with van der Waals surface area (Å²) in [5.74, 6) is 0.990. The summed E-state index contributed by atoms with van der Waals surface area (Å²) in [7, 11) is 0. The first-order valence-corrected chi connectivity index (χ1v) is 8.48. The van der Waals surface area contributed by atoms with Gasteiger partial charge in [0.2, 0.25) is 5.91 Å². The number of piperazine rings is 1. The highest BCUT2D eigenvalue weighted by atomic mass is 35.5. The number of hydrogen-bond donors (Lipinski definition) is 1. The molecule has 0 bridgehead atoms. The third-order valence-corrected chi connectivity index (χ3v) is 4.62. The van der Waals surface area contributed by atoms with Gasteiger partial charge in [0, 0.05) is 31.7 Å². The van der Waals surface area contributed by atoms with Crippen molar-refractivity contribution in [2.24, 2.45) is 5.92 Å². The molecule has 2 aliphatic rings. The monoisotopic (exact) mass is 351 g/mol. The second kappa shape index (κ2) is 8.49. The van der Waals surface area contributed by atoms with E-state index in [1.54, 1.807) is 0 Å². The van der Waals surface area contributed by atoms with Crippen LogP contribution in [0.3, 0.4) is 0 Å². The average molecular weight is 352 g/mol. The number of hydrogen-bond acceptors (Lipinski definition) is 3. The van der Waals surface area contributed by atoms with Gasteiger partial charge >= 0.3 is 0 Å². The third-order valence-electron chi connectivity index (χ3n) is 4.62. The van der Waals surface area contributed by atoms with Crippen LogP contribution in [0.25, 0.3) is 0 Å². The van der Waals surface area contributed by atoms with Crippen molar-refractivity contribution in [3.05, 3.63) is 35.4 Å². The number of carbonyl (C=O) groups excluding carboxylic acids is 2. The van der Waals surface area contributed by atoms with Gasteiger partial charge in [-0.2, -0.15) is 0 Å². The molecule has 2 fully saturated rings. The number of aryl methyl sites for hydroxylation is 1. The molecular weight excluding hydrogens is 326 g/mol. The Kier molecular flexibility index (Phi) is 6.63. The normalized spacial score (nSPS) is 17.4. The summed E-state index contributed by atoms with van der Waals surface area (Å²) in [6.45, 7) is 5.86. The van der Waals surface area contributed by atoms with Crippen molar-refractivity contribution in [3.8, 4) is 0 Å². The maximum atomic E-state index is 12.5. The van der Waals surface area contributed by atoms with E-state index in [1.165, 1.54) is 12.8 Å². The van der Waals surface area contributed by atoms with Crippen LogP contribution in [0, 0.1) is 12.8 Å². The first-order chi connectivity index (χ1) is 11.1. The third kappa shape index (κ3) is 4.95. The van der Waals surface area contributed by atoms with Gasteiger partial charge in [-0.1, -0.05) is 17.7 Å². The van der Waals surface area contributed by atoms with Crippen molar-refractivity contribution < 1.29 is 9.59 Å². The number of rotatable bonds is 5. The summed E-state index contributed by atoms with van der Waals surface area (Å²) in [6, 6.07) is 7.66. The molecule has 6 heteroatoms. The molecule has 1 aromatic carbocycles. The van der Waals surface area contributed by atoms with Crippen molar-refractivity contribution in [3.63, 3.8) is 0 Å². The van der Waals surface area contributed by atoms with Crippen molar-refractivity contribution >= 4 is 24.2 Å². The van der Waals surface area contributed by atoms with Gasteiger partial charge in [0.25, 0.3) is 5.91 Å². The topological polar surface area (TPSA) is 52.7 Å². The first-order valence-electron chi connectivity index (χ1n) is 8.48. The first kappa shape index (κ1) is 18.7. The minimum Gasteiger partial charge on any atom is -0.338 e. The van der Waals surface area contributed by atoms with Crippen LogP contribution in [-0.2, 0) is 4.79 Å². The minimum absolute atomic E-state index is 0. The molecule has 0 atom stereocenters. The molecule has 0 radical (unpaired) electrons. The maximum absolute atomic E-state index is 12.5. The number of halogens is 1. The van der Waals surface area contributed by atoms with Crippen LogP contribution >= 0.6 is 12.4 Å². The van der Waals surface area contributed by atoms with Gasteiger partial charge in [-0.3, -0.25) is 9.59 Å². The Hall–Kier alpha value is -1.59. The lowest BCUT2D eigenvalue weighted by atomic mass is 10.1. The summed E-state index contributed by atoms with van der Waals surface area (Å²) in [4.78, 5) is 28.3. The number of nitrogens with one attached hydrogen (secondary N) is 1. The molecule has 5 nitrogen and oxygen atoms in total. The lowest BCUT2D eigenvalue weighted by molar-refractivity contribution is -0.131. The van der Waals surface area contributed by atoms with Crippen LogP contribution in [0.4, 0.5) is 0 Å². The Morgan fingerprint density at radius 1 is 1.04 bits per heavy atom. The van der Waals surface area contributed by atoms with E-state index in [2.05, 4.69) is 5.32 Å². The Morgan fingerprint density at radius 3 is 2.21 bits per heavy atom. The Morgan fingerprint density at radius 2 is 1.62 bits per heavy atom. The molecule has 1 saturated heterocycles. The van der Waals surface area contributed by atoms with E-state index in [4.69, 9.17) is 0 Å². The lowest BCUT2D eigenvalue weighted by Crippen LogP contribution is -2.52. The fraction of sp³-hybridized carbons (Fsp3) is 0.556. The average Bonchev–Trinajstić information content (AvgIpc) is 3.39. The van der Waals surface area contributed by atoms with Crippen LogP contribution in [0.2, 0.25) is 0 Å². The van der Waals surface area contributed by atoms with Crippen molar-refractivity contribution in [2.75, 3.05) is 39.3 Å². The zero-order valence-corrected chi connectivity index (χ0v) is 15.0. The van der Waals surface area contributed by atoms with Gasteiger partial charge in [-0.05, 0) is 44.4 Å². The van der Waals surface area contributed by atoms with Crippen molar-refractivity contribution in [1.29, 1.82) is 0 Å². The van der Waals surface area contributed by atoms with Gasteiger partial charge in [-0.15, -0.1) is 12.4 Å². The summed E-state index contributed by atoms with van der Waals surface area (Å²) in [5.41, 5.74) is 1.87. The van der Waals surface area contributed by atoms with Crippen LogP contribution in [0.5, 0.6) is 0 Å². The van der Waals surface area contributed by atoms with Crippen LogP contribution in [0.15, 0.2) is 24.3 Å². The van der Waals surface area contributed by atoms with Gasteiger partial charge < -0.3 is 15.1 Å². The predicted molar refractivity (Wildman–Crippen MR) is 96.5 cm³/mol. The molecule has 1 heterocycles. The zero-order valence-electron chi connectivity index (χ0n) is 14.2. The second-order valence-corrected chi connectivity index (χ2v) is 6.61. The standard InChI is InChI=1S/C18H25N3O2.ClH/c1-14-2-6-16(7-3-14)18(23)21-10-8-20(9-11-21)17(22)13-19-12-15-4-5-15;/h2-3,6-7,15,19H,4-5,8-13H2,1H3;1H. The van der Waals surface area contributed by atoms with E-state index < -0.39 is 0 Å². The van der Waals surface area contributed by atoms with E-state index in [0.717, 1.165) is 23.6 Å². The maximum Gasteiger partial charge on any atom is 0.253 e. The molecule has 1 saturated carbocycles. The fourth-order valence-electron chi connectivity index (χ4n) is 2.85. The fourth-order valence-corrected chi connectivity index (χ4v) is 2.85. The lowest BCUT2D eigenvalue weighted by Gasteiger charge is -2.35. The molecule has 3 rings (SSSR count). The van der Waals surface area contributed by atoms with Gasteiger partial charge in [0.05, 0.1) is 6.54 Å². The number of benzene rings is 1. The Balaban J connectivity index is 0.00000208. The van der Waals surface area contributed by atoms with E-state index in [9.17, 15) is 9.59 Å². The molecule has 2 amide bonds. The molecule has 1 aliphatic carbocycles. The van der Waals surface area contributed by atoms with Crippen LogP contribution < -0.4 is 5.32 Å². The highest BCUT2D eigenvalue weighted by molar-refractivity contribution is 5.94. The molecule has 1 N–H and O–H groups in total. The van der Waals surface area contributed by atoms with Crippen molar-refractivity contribution in [2.45, 2.75) is 19.8 Å². The number of carbonyl (C=O) groups is 2. The predicted octanol–water partition coefficient (Wildman–Crippen LogP) is 1.70. The van der Waals surface area contributed by atoms with Gasteiger partial charge in [0.15, 0.2) is 0 Å². The second-order valence-electron chi connectivity index (χ2n) is 6.61. The minimum atomic E-state index is 0. The molecule has 0 unspecified atom stereocenters. The van der Waals surface area contributed by atoms with Crippen LogP contribution in [0.1, 0.15) is 28.8 Å². The van der Waals surface area contributed by atoms with E-state index in [0.29, 0.717) is 32.7 Å². The molecular formula is C18H26ClN3O2. The molecule has 0 spiro atoms. The number of nitrogens with zero attached hydrogens (tertiary/aromatic N) is 2. The smallest absolute Gasteiger partial charge is 0.253 e. The van der Waals surface area contributed by atoms with E-state index in [1.807, 2.05) is 41.0 Å². The number of amides is 2. The Bertz CT molecular complexity index is 564. The van der Waals surface area contributed by atoms with Gasteiger partial charge in [0.1, 0.15) is 0 Å². The van der Waals surface area contributed by atoms with Gasteiger partial charge in [-0.25, -0.2) is 0 Å². The highest BCUT2D eigenvalue weighted by Crippen LogP contribution is 2.27. The summed E-state index contributed by atoms with van der Waals surface area (Å²) < 4.78 is 0. The highest BCUT2D eigenvalue weighted by Gasteiger charge is 2.25. The zero-order chi connectivity index (χ0) is 16.2. The summed E-state index contributed by atoms with van der Waals surface area (Å²) >= 11 is 0. The van der Waals surface area contributed by atoms with E-state index >= 15 is 0 Å². The molecule has 24 heavy (non-hydrogen) atoms. The SMILES string of the molecule is Cc1ccc(C(=O)N2CCN(C(=O)CNCC3CC3)CC2)cc1.Cl. The summed E-state index contributed by atoms with van der Waals surface area (Å²) in [6.07, 6.45) is 2.59. The molecule has 132 valence electrons. The molecule has 1 aromatic rings. The quantitative estimate of drug-likeness (QED) is 0.878. The molecule has 0 aromatic heterocycles. The largest absolute Gasteiger partial charge is 0.338 e. The summed E-state index contributed by atoms with van der Waals surface area (Å²) in [5, 5.41) is 3.24. The van der Waals surface area contributed by atoms with E-state index in [-0.39, 0.29) is 24.2 Å².